The molecule has 1 heterocycles. The Morgan fingerprint density at radius 3 is 2.35 bits per heavy atom. The van der Waals surface area contributed by atoms with Gasteiger partial charge in [-0.15, -0.1) is 0 Å². The standard InChI is InChI=1S/C14H18Cl2N2O2/c15-12-3-1-4-13(16)11(12)9-17-5-2-6-18(8-7-17)10-14(19)20/h1,3-4H,2,5-10H2,(H,19,20). The van der Waals surface area contributed by atoms with E-state index in [1.165, 1.54) is 0 Å². The summed E-state index contributed by atoms with van der Waals surface area (Å²) in [7, 11) is 0. The maximum Gasteiger partial charge on any atom is 0.317 e. The molecule has 0 aliphatic carbocycles. The molecular weight excluding hydrogens is 299 g/mol. The van der Waals surface area contributed by atoms with Crippen LogP contribution in [0.15, 0.2) is 18.2 Å². The highest BCUT2D eigenvalue weighted by atomic mass is 35.5. The van der Waals surface area contributed by atoms with Gasteiger partial charge in [-0.25, -0.2) is 0 Å². The molecule has 0 amide bonds. The van der Waals surface area contributed by atoms with Gasteiger partial charge in [-0.1, -0.05) is 29.3 Å². The molecule has 110 valence electrons. The Morgan fingerprint density at radius 2 is 1.70 bits per heavy atom. The lowest BCUT2D eigenvalue weighted by atomic mass is 10.2. The van der Waals surface area contributed by atoms with E-state index in [4.69, 9.17) is 28.3 Å². The highest BCUT2D eigenvalue weighted by Crippen LogP contribution is 2.26. The Bertz CT molecular complexity index is 462. The van der Waals surface area contributed by atoms with Crippen molar-refractivity contribution in [2.75, 3.05) is 32.7 Å². The van der Waals surface area contributed by atoms with Gasteiger partial charge in [-0.2, -0.15) is 0 Å². The first-order chi connectivity index (χ1) is 9.56. The van der Waals surface area contributed by atoms with E-state index in [9.17, 15) is 4.79 Å². The molecule has 20 heavy (non-hydrogen) atoms. The van der Waals surface area contributed by atoms with Crippen LogP contribution in [0.3, 0.4) is 0 Å². The number of carboxylic acid groups (broad SMARTS) is 1. The molecule has 0 aromatic heterocycles. The van der Waals surface area contributed by atoms with E-state index in [0.29, 0.717) is 16.6 Å². The second-order valence-corrected chi connectivity index (χ2v) is 5.81. The first-order valence-corrected chi connectivity index (χ1v) is 7.41. The first kappa shape index (κ1) is 15.6. The number of benzene rings is 1. The maximum atomic E-state index is 10.8. The summed E-state index contributed by atoms with van der Waals surface area (Å²) in [6.45, 7) is 4.15. The molecule has 4 nitrogen and oxygen atoms in total. The molecule has 1 fully saturated rings. The molecule has 0 radical (unpaired) electrons. The summed E-state index contributed by atoms with van der Waals surface area (Å²) in [6.07, 6.45) is 0.954. The lowest BCUT2D eigenvalue weighted by Crippen LogP contribution is -2.34. The van der Waals surface area contributed by atoms with Crippen molar-refractivity contribution in [3.8, 4) is 0 Å². The second-order valence-electron chi connectivity index (χ2n) is 5.00. The minimum atomic E-state index is -0.771. The predicted octanol–water partition coefficient (Wildman–Crippen LogP) is 2.59. The smallest absolute Gasteiger partial charge is 0.317 e. The van der Waals surface area contributed by atoms with Gasteiger partial charge in [0.15, 0.2) is 0 Å². The monoisotopic (exact) mass is 316 g/mol. The van der Waals surface area contributed by atoms with Gasteiger partial charge in [0.1, 0.15) is 0 Å². The van der Waals surface area contributed by atoms with Crippen molar-refractivity contribution in [3.63, 3.8) is 0 Å². The Kier molecular flexibility index (Phi) is 5.66. The van der Waals surface area contributed by atoms with E-state index in [2.05, 4.69) is 4.90 Å². The minimum absolute atomic E-state index is 0.112. The highest BCUT2D eigenvalue weighted by molar-refractivity contribution is 6.35. The number of aliphatic carboxylic acids is 1. The highest BCUT2D eigenvalue weighted by Gasteiger charge is 2.18. The zero-order chi connectivity index (χ0) is 14.5. The fourth-order valence-corrected chi connectivity index (χ4v) is 2.96. The van der Waals surface area contributed by atoms with E-state index in [1.54, 1.807) is 0 Å². The van der Waals surface area contributed by atoms with Crippen molar-refractivity contribution in [1.82, 2.24) is 9.80 Å². The molecule has 0 bridgehead atoms. The van der Waals surface area contributed by atoms with Crippen LogP contribution in [0.4, 0.5) is 0 Å². The lowest BCUT2D eigenvalue weighted by Gasteiger charge is -2.21. The van der Waals surface area contributed by atoms with Gasteiger partial charge in [0.05, 0.1) is 6.54 Å². The largest absolute Gasteiger partial charge is 0.480 e. The average Bonchev–Trinajstić information content (AvgIpc) is 2.59. The number of hydrogen-bond donors (Lipinski definition) is 1. The predicted molar refractivity (Wildman–Crippen MR) is 80.4 cm³/mol. The molecule has 1 aromatic rings. The summed E-state index contributed by atoms with van der Waals surface area (Å²) >= 11 is 12.4. The third kappa shape index (κ3) is 4.35. The molecule has 2 rings (SSSR count). The van der Waals surface area contributed by atoms with Crippen LogP contribution in [0, 0.1) is 0 Å². The van der Waals surface area contributed by atoms with E-state index >= 15 is 0 Å². The normalized spacial score (nSPS) is 17.9. The van der Waals surface area contributed by atoms with E-state index < -0.39 is 5.97 Å². The van der Waals surface area contributed by atoms with Crippen molar-refractivity contribution in [3.05, 3.63) is 33.8 Å². The van der Waals surface area contributed by atoms with Crippen molar-refractivity contribution >= 4 is 29.2 Å². The fraction of sp³-hybridized carbons (Fsp3) is 0.500. The van der Waals surface area contributed by atoms with Gasteiger partial charge in [0.25, 0.3) is 0 Å². The number of rotatable bonds is 4. The molecule has 1 aromatic carbocycles. The Balaban J connectivity index is 1.96. The van der Waals surface area contributed by atoms with E-state index in [-0.39, 0.29) is 6.54 Å². The van der Waals surface area contributed by atoms with Crippen molar-refractivity contribution in [2.45, 2.75) is 13.0 Å². The van der Waals surface area contributed by atoms with Gasteiger partial charge in [-0.3, -0.25) is 14.6 Å². The summed E-state index contributed by atoms with van der Waals surface area (Å²) in [5.74, 6) is -0.771. The van der Waals surface area contributed by atoms with Crippen LogP contribution in [-0.2, 0) is 11.3 Å². The molecule has 6 heteroatoms. The average molecular weight is 317 g/mol. The third-order valence-corrected chi connectivity index (χ3v) is 4.19. The Hall–Kier alpha value is -0.810. The molecular formula is C14H18Cl2N2O2. The summed E-state index contributed by atoms with van der Waals surface area (Å²) in [5.41, 5.74) is 0.947. The zero-order valence-corrected chi connectivity index (χ0v) is 12.7. The molecule has 1 N–H and O–H groups in total. The van der Waals surface area contributed by atoms with Crippen molar-refractivity contribution < 1.29 is 9.90 Å². The second kappa shape index (κ2) is 7.27. The van der Waals surface area contributed by atoms with Crippen LogP contribution in [0.1, 0.15) is 12.0 Å². The quantitative estimate of drug-likeness (QED) is 0.927. The molecule has 0 atom stereocenters. The molecule has 1 aliphatic rings. The molecule has 1 aliphatic heterocycles. The number of halogens is 2. The van der Waals surface area contributed by atoms with Crippen LogP contribution in [0.5, 0.6) is 0 Å². The van der Waals surface area contributed by atoms with Crippen LogP contribution < -0.4 is 0 Å². The van der Waals surface area contributed by atoms with Gasteiger partial charge >= 0.3 is 5.97 Å². The number of carbonyl (C=O) groups is 1. The summed E-state index contributed by atoms with van der Waals surface area (Å²) < 4.78 is 0. The summed E-state index contributed by atoms with van der Waals surface area (Å²) in [5, 5.41) is 10.2. The molecule has 1 saturated heterocycles. The number of nitrogens with zero attached hydrogens (tertiary/aromatic N) is 2. The lowest BCUT2D eigenvalue weighted by molar-refractivity contribution is -0.138. The minimum Gasteiger partial charge on any atom is -0.480 e. The SMILES string of the molecule is O=C(O)CN1CCCN(Cc2c(Cl)cccc2Cl)CC1. The zero-order valence-electron chi connectivity index (χ0n) is 11.2. The molecule has 0 unspecified atom stereocenters. The van der Waals surface area contributed by atoms with Gasteiger partial charge in [0.2, 0.25) is 0 Å². The topological polar surface area (TPSA) is 43.8 Å². The van der Waals surface area contributed by atoms with E-state index in [0.717, 1.165) is 38.2 Å². The number of hydrogen-bond acceptors (Lipinski definition) is 3. The first-order valence-electron chi connectivity index (χ1n) is 6.65. The van der Waals surface area contributed by atoms with Gasteiger partial charge < -0.3 is 5.11 Å². The van der Waals surface area contributed by atoms with Gasteiger partial charge in [0, 0.05) is 41.8 Å². The van der Waals surface area contributed by atoms with Crippen LogP contribution in [0.25, 0.3) is 0 Å². The fourth-order valence-electron chi connectivity index (χ4n) is 2.44. The Labute approximate surface area is 128 Å². The third-order valence-electron chi connectivity index (χ3n) is 3.48. The van der Waals surface area contributed by atoms with Crippen LogP contribution in [0.2, 0.25) is 10.0 Å². The Morgan fingerprint density at radius 1 is 1.10 bits per heavy atom. The molecule has 0 saturated carbocycles. The summed E-state index contributed by atoms with van der Waals surface area (Å²) in [4.78, 5) is 15.0. The van der Waals surface area contributed by atoms with Crippen molar-refractivity contribution in [1.29, 1.82) is 0 Å². The van der Waals surface area contributed by atoms with Crippen LogP contribution in [-0.4, -0.2) is 53.6 Å². The summed E-state index contributed by atoms with van der Waals surface area (Å²) in [6, 6.07) is 5.53. The van der Waals surface area contributed by atoms with Crippen molar-refractivity contribution in [2.24, 2.45) is 0 Å². The van der Waals surface area contributed by atoms with E-state index in [1.807, 2.05) is 23.1 Å². The van der Waals surface area contributed by atoms with Gasteiger partial charge in [-0.05, 0) is 25.1 Å². The number of carboxylic acids is 1. The van der Waals surface area contributed by atoms with Crippen LogP contribution >= 0.6 is 23.2 Å². The molecule has 0 spiro atoms. The maximum absolute atomic E-state index is 10.8.